The van der Waals surface area contributed by atoms with E-state index in [2.05, 4.69) is 9.72 Å². The summed E-state index contributed by atoms with van der Waals surface area (Å²) in [6, 6.07) is 1.10. The van der Waals surface area contributed by atoms with Gasteiger partial charge in [-0.15, -0.1) is 13.2 Å². The molecule has 0 radical (unpaired) electrons. The maximum absolute atomic E-state index is 12.7. The van der Waals surface area contributed by atoms with Crippen molar-refractivity contribution < 1.29 is 31.1 Å². The SMILES string of the molecule is N#Cc1nc(F)cc(OC(F)(F)F)c1C(F)F. The predicted molar refractivity (Wildman–Crippen MR) is 40.5 cm³/mol. The highest BCUT2D eigenvalue weighted by Crippen LogP contribution is 2.34. The molecule has 0 unspecified atom stereocenters. The van der Waals surface area contributed by atoms with E-state index < -0.39 is 35.7 Å². The van der Waals surface area contributed by atoms with Gasteiger partial charge in [0.25, 0.3) is 6.43 Å². The van der Waals surface area contributed by atoms with Gasteiger partial charge in [0.2, 0.25) is 5.95 Å². The first-order valence-electron chi connectivity index (χ1n) is 3.89. The van der Waals surface area contributed by atoms with Crippen molar-refractivity contribution in [3.8, 4) is 11.8 Å². The van der Waals surface area contributed by atoms with Crippen LogP contribution in [0.4, 0.5) is 26.3 Å². The highest BCUT2D eigenvalue weighted by Gasteiger charge is 2.35. The molecule has 0 fully saturated rings. The molecule has 0 aliphatic rings. The zero-order chi connectivity index (χ0) is 13.2. The van der Waals surface area contributed by atoms with E-state index in [0.717, 1.165) is 6.07 Å². The number of pyridine rings is 1. The molecule has 0 aliphatic carbocycles. The van der Waals surface area contributed by atoms with Crippen LogP contribution in [0.15, 0.2) is 6.07 Å². The fourth-order valence-electron chi connectivity index (χ4n) is 1.01. The van der Waals surface area contributed by atoms with E-state index in [4.69, 9.17) is 5.26 Å². The van der Waals surface area contributed by atoms with Crippen LogP contribution in [0.3, 0.4) is 0 Å². The molecule has 1 aromatic heterocycles. The quantitative estimate of drug-likeness (QED) is 0.603. The molecule has 0 aliphatic heterocycles. The lowest BCUT2D eigenvalue weighted by molar-refractivity contribution is -0.275. The summed E-state index contributed by atoms with van der Waals surface area (Å²) in [5, 5.41) is 8.37. The summed E-state index contributed by atoms with van der Waals surface area (Å²) in [6.07, 6.45) is -8.72. The molecular weight excluding hydrogens is 254 g/mol. The topological polar surface area (TPSA) is 45.9 Å². The summed E-state index contributed by atoms with van der Waals surface area (Å²) >= 11 is 0. The number of nitrogens with zero attached hydrogens (tertiary/aromatic N) is 2. The minimum atomic E-state index is -5.27. The molecule has 9 heteroatoms. The Balaban J connectivity index is 3.37. The van der Waals surface area contributed by atoms with Crippen molar-refractivity contribution in [3.05, 3.63) is 23.3 Å². The first kappa shape index (κ1) is 13.1. The van der Waals surface area contributed by atoms with Gasteiger partial charge in [-0.05, 0) is 0 Å². The molecule has 1 heterocycles. The van der Waals surface area contributed by atoms with E-state index in [9.17, 15) is 26.3 Å². The second-order valence-corrected chi connectivity index (χ2v) is 2.67. The highest BCUT2D eigenvalue weighted by atomic mass is 19.4. The molecule has 0 bridgehead atoms. The molecule has 0 amide bonds. The Kier molecular flexibility index (Phi) is 3.45. The number of alkyl halides is 5. The van der Waals surface area contributed by atoms with Gasteiger partial charge in [-0.1, -0.05) is 0 Å². The molecule has 0 spiro atoms. The largest absolute Gasteiger partial charge is 0.573 e. The summed E-state index contributed by atoms with van der Waals surface area (Å²) in [6.45, 7) is 0. The van der Waals surface area contributed by atoms with Gasteiger partial charge in [0.15, 0.2) is 5.69 Å². The van der Waals surface area contributed by atoms with Crippen molar-refractivity contribution in [1.29, 1.82) is 5.26 Å². The van der Waals surface area contributed by atoms with Crippen LogP contribution < -0.4 is 4.74 Å². The van der Waals surface area contributed by atoms with Crippen molar-refractivity contribution in [2.45, 2.75) is 12.8 Å². The number of halogens is 6. The van der Waals surface area contributed by atoms with Gasteiger partial charge in [-0.25, -0.2) is 13.8 Å². The van der Waals surface area contributed by atoms with E-state index >= 15 is 0 Å². The molecule has 92 valence electrons. The Labute approximate surface area is 90.2 Å². The maximum atomic E-state index is 12.7. The van der Waals surface area contributed by atoms with Crippen LogP contribution in [0, 0.1) is 17.3 Å². The zero-order valence-corrected chi connectivity index (χ0v) is 7.73. The second kappa shape index (κ2) is 4.48. The first-order valence-corrected chi connectivity index (χ1v) is 3.89. The second-order valence-electron chi connectivity index (χ2n) is 2.67. The third-order valence-electron chi connectivity index (χ3n) is 1.54. The standard InChI is InChI=1S/C8H2F6N2O/c9-5-1-4(17-8(12,13)14)6(7(10)11)3(2-15)16-5/h1,7H. The highest BCUT2D eigenvalue weighted by molar-refractivity contribution is 5.43. The van der Waals surface area contributed by atoms with Gasteiger partial charge in [-0.2, -0.15) is 9.65 Å². The van der Waals surface area contributed by atoms with Crippen LogP contribution >= 0.6 is 0 Å². The monoisotopic (exact) mass is 256 g/mol. The van der Waals surface area contributed by atoms with Crippen LogP contribution in [0.1, 0.15) is 17.7 Å². The number of aromatic nitrogens is 1. The van der Waals surface area contributed by atoms with Gasteiger partial charge in [-0.3, -0.25) is 0 Å². The summed E-state index contributed by atoms with van der Waals surface area (Å²) in [5.74, 6) is -3.00. The zero-order valence-electron chi connectivity index (χ0n) is 7.73. The van der Waals surface area contributed by atoms with Crippen molar-refractivity contribution in [1.82, 2.24) is 4.98 Å². The molecule has 1 rings (SSSR count). The molecule has 17 heavy (non-hydrogen) atoms. The normalized spacial score (nSPS) is 11.4. The molecule has 0 atom stereocenters. The van der Waals surface area contributed by atoms with Crippen molar-refractivity contribution in [2.24, 2.45) is 0 Å². The van der Waals surface area contributed by atoms with Gasteiger partial charge in [0.1, 0.15) is 11.8 Å². The van der Waals surface area contributed by atoms with Gasteiger partial charge >= 0.3 is 6.36 Å². The smallest absolute Gasteiger partial charge is 0.405 e. The summed E-state index contributed by atoms with van der Waals surface area (Å²) in [5.41, 5.74) is -2.55. The predicted octanol–water partition coefficient (Wildman–Crippen LogP) is 2.93. The average molecular weight is 256 g/mol. The van der Waals surface area contributed by atoms with Gasteiger partial charge in [0, 0.05) is 6.07 Å². The molecule has 0 aromatic carbocycles. The summed E-state index contributed by atoms with van der Waals surface area (Å²) in [7, 11) is 0. The minimum Gasteiger partial charge on any atom is -0.405 e. The van der Waals surface area contributed by atoms with Crippen LogP contribution in [0.2, 0.25) is 0 Å². The number of rotatable bonds is 2. The fraction of sp³-hybridized carbons (Fsp3) is 0.250. The third kappa shape index (κ3) is 3.24. The Morgan fingerprint density at radius 3 is 2.35 bits per heavy atom. The van der Waals surface area contributed by atoms with Crippen molar-refractivity contribution >= 4 is 0 Å². The molecule has 1 aromatic rings. The van der Waals surface area contributed by atoms with Crippen LogP contribution in [0.25, 0.3) is 0 Å². The van der Waals surface area contributed by atoms with E-state index in [1.807, 2.05) is 0 Å². The summed E-state index contributed by atoms with van der Waals surface area (Å²) in [4.78, 5) is 2.75. The number of hydrogen-bond acceptors (Lipinski definition) is 3. The number of hydrogen-bond donors (Lipinski definition) is 0. The Bertz CT molecular complexity index is 464. The fourth-order valence-corrected chi connectivity index (χ4v) is 1.01. The lowest BCUT2D eigenvalue weighted by atomic mass is 10.2. The number of ether oxygens (including phenoxy) is 1. The molecule has 0 saturated carbocycles. The molecule has 3 nitrogen and oxygen atoms in total. The van der Waals surface area contributed by atoms with Gasteiger partial charge in [0.05, 0.1) is 5.56 Å². The van der Waals surface area contributed by atoms with Crippen molar-refractivity contribution in [3.63, 3.8) is 0 Å². The molecule has 0 saturated heterocycles. The summed E-state index contributed by atoms with van der Waals surface area (Å²) < 4.78 is 76.3. The molecule has 0 N–H and O–H groups in total. The van der Waals surface area contributed by atoms with Crippen molar-refractivity contribution in [2.75, 3.05) is 0 Å². The van der Waals surface area contributed by atoms with Gasteiger partial charge < -0.3 is 4.74 Å². The molecular formula is C8H2F6N2O. The van der Waals surface area contributed by atoms with Crippen LogP contribution in [-0.4, -0.2) is 11.3 Å². The van der Waals surface area contributed by atoms with E-state index in [1.54, 1.807) is 0 Å². The Morgan fingerprint density at radius 1 is 1.35 bits per heavy atom. The lowest BCUT2D eigenvalue weighted by Gasteiger charge is -2.13. The first-order chi connectivity index (χ1) is 7.74. The third-order valence-corrected chi connectivity index (χ3v) is 1.54. The van der Waals surface area contributed by atoms with E-state index in [1.165, 1.54) is 0 Å². The maximum Gasteiger partial charge on any atom is 0.573 e. The lowest BCUT2D eigenvalue weighted by Crippen LogP contribution is -2.19. The Hall–Kier alpha value is -1.98. The van der Waals surface area contributed by atoms with E-state index in [0.29, 0.717) is 0 Å². The Morgan fingerprint density at radius 2 is 1.94 bits per heavy atom. The average Bonchev–Trinajstić information content (AvgIpc) is 2.12. The number of nitriles is 1. The van der Waals surface area contributed by atoms with E-state index in [-0.39, 0.29) is 6.07 Å². The van der Waals surface area contributed by atoms with Crippen LogP contribution in [0.5, 0.6) is 5.75 Å². The van der Waals surface area contributed by atoms with Crippen LogP contribution in [-0.2, 0) is 0 Å². The minimum absolute atomic E-state index is 0.0375.